The molecule has 2 aromatic rings. The molecule has 0 amide bonds. The van der Waals surface area contributed by atoms with Crippen molar-refractivity contribution < 1.29 is 28.9 Å². The molecule has 0 aliphatic carbocycles. The van der Waals surface area contributed by atoms with E-state index in [0.29, 0.717) is 11.1 Å². The Morgan fingerprint density at radius 1 is 0.929 bits per heavy atom. The number of nitro groups is 2. The second kappa shape index (κ2) is 8.11. The summed E-state index contributed by atoms with van der Waals surface area (Å²) in [6.45, 7) is 1.80. The highest BCUT2D eigenvalue weighted by Crippen LogP contribution is 2.41. The van der Waals surface area contributed by atoms with Crippen molar-refractivity contribution in [1.29, 1.82) is 0 Å². The Bertz CT molecular complexity index is 881. The highest BCUT2D eigenvalue weighted by atomic mass is 16.7. The van der Waals surface area contributed by atoms with Gasteiger partial charge in [-0.2, -0.15) is 0 Å². The van der Waals surface area contributed by atoms with Gasteiger partial charge in [0.05, 0.1) is 16.5 Å². The van der Waals surface area contributed by atoms with Crippen LogP contribution in [0.3, 0.4) is 0 Å². The molecule has 2 aromatic carbocycles. The van der Waals surface area contributed by atoms with Crippen LogP contribution in [0.25, 0.3) is 0 Å². The van der Waals surface area contributed by atoms with E-state index in [1.54, 1.807) is 6.92 Å². The molecule has 0 saturated carbocycles. The molecule has 0 N–H and O–H groups in total. The number of ether oxygens (including phenoxy) is 3. The third-order valence-corrected chi connectivity index (χ3v) is 4.14. The first-order valence-corrected chi connectivity index (χ1v) is 8.37. The van der Waals surface area contributed by atoms with Crippen LogP contribution in [0.4, 0.5) is 11.4 Å². The first-order chi connectivity index (χ1) is 13.4. The molecule has 3 rings (SSSR count). The number of hydrogen-bond acceptors (Lipinski definition) is 8. The smallest absolute Gasteiger partial charge is 0.338 e. The molecular weight excluding hydrogens is 372 g/mol. The fourth-order valence-corrected chi connectivity index (χ4v) is 2.79. The van der Waals surface area contributed by atoms with E-state index >= 15 is 0 Å². The molecule has 1 fully saturated rings. The van der Waals surface area contributed by atoms with Crippen LogP contribution < -0.4 is 0 Å². The first kappa shape index (κ1) is 19.4. The van der Waals surface area contributed by atoms with E-state index in [-0.39, 0.29) is 18.0 Å². The van der Waals surface area contributed by atoms with Crippen LogP contribution in [0.5, 0.6) is 0 Å². The fourth-order valence-electron chi connectivity index (χ4n) is 2.79. The molecule has 3 atom stereocenters. The molecule has 0 bridgehead atoms. The summed E-state index contributed by atoms with van der Waals surface area (Å²) in [7, 11) is 0. The summed E-state index contributed by atoms with van der Waals surface area (Å²) in [6.07, 6.45) is -2.88. The van der Waals surface area contributed by atoms with Gasteiger partial charge in [-0.25, -0.2) is 4.79 Å². The molecule has 28 heavy (non-hydrogen) atoms. The molecule has 0 spiro atoms. The first-order valence-electron chi connectivity index (χ1n) is 8.37. The lowest BCUT2D eigenvalue weighted by Crippen LogP contribution is -2.28. The number of rotatable bonds is 6. The molecule has 3 unspecified atom stereocenters. The Morgan fingerprint density at radius 2 is 1.43 bits per heavy atom. The van der Waals surface area contributed by atoms with Gasteiger partial charge >= 0.3 is 5.97 Å². The summed E-state index contributed by atoms with van der Waals surface area (Å²) >= 11 is 0. The minimum absolute atomic E-state index is 0.0874. The van der Waals surface area contributed by atoms with Crippen molar-refractivity contribution in [2.45, 2.75) is 25.4 Å². The molecule has 10 heteroatoms. The van der Waals surface area contributed by atoms with E-state index in [0.717, 1.165) is 0 Å². The molecule has 1 aliphatic heterocycles. The van der Waals surface area contributed by atoms with Crippen LogP contribution >= 0.6 is 0 Å². The van der Waals surface area contributed by atoms with E-state index in [2.05, 4.69) is 0 Å². The number of non-ortho nitro benzene ring substituents is 2. The maximum Gasteiger partial charge on any atom is 0.338 e. The average molecular weight is 388 g/mol. The van der Waals surface area contributed by atoms with Gasteiger partial charge in [-0.3, -0.25) is 20.2 Å². The summed E-state index contributed by atoms with van der Waals surface area (Å²) in [5.74, 6) is -0.629. The maximum absolute atomic E-state index is 12.3. The van der Waals surface area contributed by atoms with E-state index in [4.69, 9.17) is 14.2 Å². The van der Waals surface area contributed by atoms with Crippen LogP contribution in [-0.4, -0.2) is 28.5 Å². The minimum Gasteiger partial charge on any atom is -0.464 e. The molecule has 1 saturated heterocycles. The highest BCUT2D eigenvalue weighted by Gasteiger charge is 2.43. The van der Waals surface area contributed by atoms with Gasteiger partial charge in [0.25, 0.3) is 11.4 Å². The van der Waals surface area contributed by atoms with Gasteiger partial charge in [0.15, 0.2) is 12.4 Å². The lowest BCUT2D eigenvalue weighted by atomic mass is 10.0. The summed E-state index contributed by atoms with van der Waals surface area (Å²) in [5, 5.41) is 21.6. The topological polar surface area (TPSA) is 131 Å². The van der Waals surface area contributed by atoms with Crippen molar-refractivity contribution in [3.63, 3.8) is 0 Å². The molecule has 1 heterocycles. The standard InChI is InChI=1S/C18H16N2O8/c1-2-26-17(21)16-15(11-3-7-13(8-4-11)19(22)23)27-18(28-16)12-5-9-14(10-6-12)20(24)25/h3-10,15-16,18H,2H2,1H3. The van der Waals surface area contributed by atoms with Crippen LogP contribution in [0, 0.1) is 20.2 Å². The number of carbonyl (C=O) groups is 1. The Hall–Kier alpha value is -3.37. The molecule has 0 aromatic heterocycles. The molecule has 1 aliphatic rings. The molecule has 0 radical (unpaired) electrons. The predicted molar refractivity (Wildman–Crippen MR) is 94.3 cm³/mol. The third-order valence-electron chi connectivity index (χ3n) is 4.14. The lowest BCUT2D eigenvalue weighted by Gasteiger charge is -2.15. The van der Waals surface area contributed by atoms with Crippen LogP contribution in [0.1, 0.15) is 30.4 Å². The van der Waals surface area contributed by atoms with Crippen molar-refractivity contribution in [1.82, 2.24) is 0 Å². The van der Waals surface area contributed by atoms with Gasteiger partial charge in [-0.1, -0.05) is 0 Å². The van der Waals surface area contributed by atoms with Crippen molar-refractivity contribution in [2.75, 3.05) is 6.61 Å². The average Bonchev–Trinajstić information content (AvgIpc) is 3.14. The van der Waals surface area contributed by atoms with Crippen molar-refractivity contribution >= 4 is 17.3 Å². The Kier molecular flexibility index (Phi) is 5.62. The SMILES string of the molecule is CCOC(=O)C1OC(c2ccc([N+](=O)[O-])cc2)OC1c1ccc([N+](=O)[O-])cc1. The van der Waals surface area contributed by atoms with E-state index in [1.807, 2.05) is 0 Å². The fraction of sp³-hybridized carbons (Fsp3) is 0.278. The second-order valence-electron chi connectivity index (χ2n) is 5.89. The number of hydrogen-bond donors (Lipinski definition) is 0. The number of carbonyl (C=O) groups excluding carboxylic acids is 1. The van der Waals surface area contributed by atoms with Crippen molar-refractivity contribution in [3.05, 3.63) is 79.9 Å². The largest absolute Gasteiger partial charge is 0.464 e. The maximum atomic E-state index is 12.3. The molecule has 146 valence electrons. The lowest BCUT2D eigenvalue weighted by molar-refractivity contribution is -0.385. The summed E-state index contributed by atoms with van der Waals surface area (Å²) in [4.78, 5) is 32.9. The number of nitrogens with zero attached hydrogens (tertiary/aromatic N) is 2. The van der Waals surface area contributed by atoms with Gasteiger partial charge < -0.3 is 14.2 Å². The quantitative estimate of drug-likeness (QED) is 0.419. The molecular formula is C18H16N2O8. The number of esters is 1. The minimum atomic E-state index is -1.08. The highest BCUT2D eigenvalue weighted by molar-refractivity contribution is 5.76. The Morgan fingerprint density at radius 3 is 1.89 bits per heavy atom. The van der Waals surface area contributed by atoms with Gasteiger partial charge in [0.1, 0.15) is 6.10 Å². The van der Waals surface area contributed by atoms with Crippen LogP contribution in [0.2, 0.25) is 0 Å². The summed E-state index contributed by atoms with van der Waals surface area (Å²) in [6, 6.07) is 11.1. The summed E-state index contributed by atoms with van der Waals surface area (Å²) in [5.41, 5.74) is 0.815. The predicted octanol–water partition coefficient (Wildman–Crippen LogP) is 3.22. The normalized spacial score (nSPS) is 21.2. The third kappa shape index (κ3) is 3.97. The Labute approximate surface area is 158 Å². The Balaban J connectivity index is 1.87. The summed E-state index contributed by atoms with van der Waals surface area (Å²) < 4.78 is 16.6. The van der Waals surface area contributed by atoms with E-state index in [1.165, 1.54) is 48.5 Å². The van der Waals surface area contributed by atoms with E-state index < -0.39 is 34.3 Å². The van der Waals surface area contributed by atoms with Crippen molar-refractivity contribution in [2.24, 2.45) is 0 Å². The number of nitro benzene ring substituents is 2. The van der Waals surface area contributed by atoms with Crippen LogP contribution in [0.15, 0.2) is 48.5 Å². The zero-order valence-electron chi connectivity index (χ0n) is 14.7. The van der Waals surface area contributed by atoms with Gasteiger partial charge in [-0.05, 0) is 36.8 Å². The van der Waals surface area contributed by atoms with Gasteiger partial charge in [0.2, 0.25) is 0 Å². The monoisotopic (exact) mass is 388 g/mol. The number of benzene rings is 2. The van der Waals surface area contributed by atoms with Gasteiger partial charge in [0, 0.05) is 29.8 Å². The van der Waals surface area contributed by atoms with E-state index in [9.17, 15) is 25.0 Å². The van der Waals surface area contributed by atoms with Gasteiger partial charge in [-0.15, -0.1) is 0 Å². The van der Waals surface area contributed by atoms with Crippen molar-refractivity contribution in [3.8, 4) is 0 Å². The zero-order valence-corrected chi connectivity index (χ0v) is 14.7. The molecule has 10 nitrogen and oxygen atoms in total. The van der Waals surface area contributed by atoms with Crippen LogP contribution in [-0.2, 0) is 19.0 Å². The zero-order chi connectivity index (χ0) is 20.3. The second-order valence-corrected chi connectivity index (χ2v) is 5.89.